The second kappa shape index (κ2) is 5.60. The van der Waals surface area contributed by atoms with E-state index in [4.69, 9.17) is 9.66 Å². The van der Waals surface area contributed by atoms with Crippen LogP contribution in [-0.4, -0.2) is 24.0 Å². The molecule has 0 aliphatic heterocycles. The number of aromatic carboxylic acids is 1. The molecule has 0 aliphatic rings. The van der Waals surface area contributed by atoms with Crippen molar-refractivity contribution in [2.24, 2.45) is 0 Å². The van der Waals surface area contributed by atoms with Crippen molar-refractivity contribution in [1.82, 2.24) is 0 Å². The van der Waals surface area contributed by atoms with E-state index < -0.39 is 26.5 Å². The van der Waals surface area contributed by atoms with E-state index >= 15 is 0 Å². The normalized spacial score (nSPS) is 10.5. The Morgan fingerprint density at radius 2 is 1.93 bits per heavy atom. The number of halogens is 1. The van der Waals surface area contributed by atoms with Crippen LogP contribution in [0.1, 0.15) is 11.8 Å². The van der Waals surface area contributed by atoms with Crippen LogP contribution < -0.4 is 29.6 Å². The van der Waals surface area contributed by atoms with Gasteiger partial charge in [-0.25, -0.2) is 4.79 Å². The summed E-state index contributed by atoms with van der Waals surface area (Å²) in [6.07, 6.45) is 0. The first kappa shape index (κ1) is 15.3. The molecule has 1 rings (SSSR count). The molecular formula is C7H6INaO5S. The van der Waals surface area contributed by atoms with E-state index in [2.05, 4.69) is 0 Å². The minimum Gasteiger partial charge on any atom is -1.00 e. The van der Waals surface area contributed by atoms with Gasteiger partial charge in [0.2, 0.25) is 0 Å². The smallest absolute Gasteiger partial charge is 1.00 e. The van der Waals surface area contributed by atoms with Crippen molar-refractivity contribution in [3.05, 3.63) is 27.3 Å². The Labute approximate surface area is 124 Å². The van der Waals surface area contributed by atoms with Gasteiger partial charge in [-0.2, -0.15) is 8.42 Å². The van der Waals surface area contributed by atoms with Gasteiger partial charge in [-0.05, 0) is 40.8 Å². The van der Waals surface area contributed by atoms with Gasteiger partial charge in [-0.15, -0.1) is 0 Å². The zero-order chi connectivity index (χ0) is 10.9. The summed E-state index contributed by atoms with van der Waals surface area (Å²) in [5.41, 5.74) is -0.437. The van der Waals surface area contributed by atoms with Gasteiger partial charge in [-0.3, -0.25) is 4.55 Å². The molecule has 0 bridgehead atoms. The molecule has 0 radical (unpaired) electrons. The fraction of sp³-hybridized carbons (Fsp3) is 0. The van der Waals surface area contributed by atoms with Crippen molar-refractivity contribution in [3.8, 4) is 0 Å². The fourth-order valence-electron chi connectivity index (χ4n) is 0.886. The number of carboxylic acid groups (broad SMARTS) is 1. The molecule has 15 heavy (non-hydrogen) atoms. The molecule has 0 aromatic heterocycles. The Kier molecular flexibility index (Phi) is 5.72. The van der Waals surface area contributed by atoms with Gasteiger partial charge in [0.1, 0.15) is 4.90 Å². The molecule has 0 atom stereocenters. The van der Waals surface area contributed by atoms with Gasteiger partial charge < -0.3 is 6.53 Å². The molecule has 0 saturated carbocycles. The average Bonchev–Trinajstić information content (AvgIpc) is 2.01. The third-order valence-corrected chi connectivity index (χ3v) is 3.02. The minimum absolute atomic E-state index is 0. The average molecular weight is 352 g/mol. The van der Waals surface area contributed by atoms with E-state index in [0.29, 0.717) is 3.57 Å². The largest absolute Gasteiger partial charge is 1.00 e. The van der Waals surface area contributed by atoms with Crippen molar-refractivity contribution in [1.29, 1.82) is 0 Å². The van der Waals surface area contributed by atoms with Crippen molar-refractivity contribution < 1.29 is 53.9 Å². The maximum Gasteiger partial charge on any atom is 1.00 e. The number of hydrogen-bond acceptors (Lipinski definition) is 3. The van der Waals surface area contributed by atoms with Gasteiger partial charge in [-0.1, -0.05) is 0 Å². The van der Waals surface area contributed by atoms with Crippen LogP contribution >= 0.6 is 22.6 Å². The predicted octanol–water partition coefficient (Wildman–Crippen LogP) is -1.65. The number of rotatable bonds is 2. The van der Waals surface area contributed by atoms with Crippen molar-refractivity contribution in [3.63, 3.8) is 0 Å². The fourth-order valence-corrected chi connectivity index (χ4v) is 2.30. The molecule has 0 saturated heterocycles. The number of carbonyl (C=O) groups is 1. The van der Waals surface area contributed by atoms with E-state index in [9.17, 15) is 13.2 Å². The summed E-state index contributed by atoms with van der Waals surface area (Å²) in [4.78, 5) is 10.0. The molecule has 0 heterocycles. The molecule has 1 aromatic carbocycles. The van der Waals surface area contributed by atoms with Gasteiger partial charge in [0, 0.05) is 3.57 Å². The van der Waals surface area contributed by atoms with E-state index in [0.717, 1.165) is 12.1 Å². The Balaban J connectivity index is 0. The van der Waals surface area contributed by atoms with Gasteiger partial charge in [0.25, 0.3) is 10.1 Å². The van der Waals surface area contributed by atoms with Crippen LogP contribution in [0.5, 0.6) is 0 Å². The molecule has 0 spiro atoms. The van der Waals surface area contributed by atoms with E-state index in [-0.39, 0.29) is 31.0 Å². The van der Waals surface area contributed by atoms with Crippen LogP contribution in [0.4, 0.5) is 0 Å². The summed E-state index contributed by atoms with van der Waals surface area (Å²) in [7, 11) is -4.49. The zero-order valence-electron chi connectivity index (χ0n) is 8.64. The monoisotopic (exact) mass is 352 g/mol. The topological polar surface area (TPSA) is 91.7 Å². The summed E-state index contributed by atoms with van der Waals surface area (Å²) in [5, 5.41) is 8.64. The Bertz CT molecular complexity index is 490. The second-order valence-corrected chi connectivity index (χ2v) is 5.06. The molecular weight excluding hydrogens is 346 g/mol. The molecule has 2 N–H and O–H groups in total. The van der Waals surface area contributed by atoms with Crippen molar-refractivity contribution in [2.75, 3.05) is 0 Å². The van der Waals surface area contributed by atoms with Gasteiger partial charge in [0.15, 0.2) is 0 Å². The Hall–Kier alpha value is 0.330. The predicted molar refractivity (Wildman–Crippen MR) is 57.0 cm³/mol. The second-order valence-electron chi connectivity index (χ2n) is 2.42. The molecule has 78 valence electrons. The van der Waals surface area contributed by atoms with Gasteiger partial charge in [0.05, 0.1) is 5.56 Å². The maximum absolute atomic E-state index is 10.8. The summed E-state index contributed by atoms with van der Waals surface area (Å²) >= 11 is 1.82. The van der Waals surface area contributed by atoms with Gasteiger partial charge >= 0.3 is 35.5 Å². The standard InChI is InChI=1S/C7H5IO5S.Na.H/c8-4-1-2-5(7(9)10)6(3-4)14(11,12)13;;/h1-3H,(H,9,10)(H,11,12,13);;/q;+1;-1. The van der Waals surface area contributed by atoms with Crippen molar-refractivity contribution in [2.45, 2.75) is 4.90 Å². The van der Waals surface area contributed by atoms with Crippen molar-refractivity contribution >= 4 is 38.7 Å². The number of carboxylic acids is 1. The molecule has 8 heteroatoms. The van der Waals surface area contributed by atoms with E-state index in [1.807, 2.05) is 22.6 Å². The molecule has 1 aromatic rings. The Morgan fingerprint density at radius 1 is 1.40 bits per heavy atom. The summed E-state index contributed by atoms with van der Waals surface area (Å²) in [6.45, 7) is 0. The van der Waals surface area contributed by atoms with E-state index in [1.165, 1.54) is 6.07 Å². The number of hydrogen-bond donors (Lipinski definition) is 2. The van der Waals surface area contributed by atoms with Crippen LogP contribution in [-0.2, 0) is 10.1 Å². The number of benzene rings is 1. The zero-order valence-corrected chi connectivity index (χ0v) is 12.6. The van der Waals surface area contributed by atoms with Crippen LogP contribution in [0.3, 0.4) is 0 Å². The van der Waals surface area contributed by atoms with E-state index in [1.54, 1.807) is 0 Å². The van der Waals surface area contributed by atoms with Crippen LogP contribution in [0.15, 0.2) is 23.1 Å². The molecule has 0 unspecified atom stereocenters. The Morgan fingerprint density at radius 3 is 2.33 bits per heavy atom. The first-order valence-electron chi connectivity index (χ1n) is 3.32. The van der Waals surface area contributed by atoms with Crippen LogP contribution in [0.2, 0.25) is 0 Å². The minimum atomic E-state index is -4.49. The quantitative estimate of drug-likeness (QED) is 0.378. The first-order chi connectivity index (χ1) is 6.32. The summed E-state index contributed by atoms with van der Waals surface area (Å²) in [5.74, 6) is -1.39. The van der Waals surface area contributed by atoms with Crippen LogP contribution in [0, 0.1) is 3.57 Å². The molecule has 0 fully saturated rings. The molecule has 0 aliphatic carbocycles. The third kappa shape index (κ3) is 4.00. The maximum atomic E-state index is 10.8. The summed E-state index contributed by atoms with van der Waals surface area (Å²) < 4.78 is 30.9. The molecule has 0 amide bonds. The SMILES string of the molecule is O=C(O)c1ccc(I)cc1S(=O)(=O)O.[H-].[Na+]. The first-order valence-corrected chi connectivity index (χ1v) is 5.84. The molecule has 5 nitrogen and oxygen atoms in total. The third-order valence-electron chi connectivity index (χ3n) is 1.45. The van der Waals surface area contributed by atoms with Crippen LogP contribution in [0.25, 0.3) is 0 Å². The summed E-state index contributed by atoms with van der Waals surface area (Å²) in [6, 6.07) is 3.67.